The number of urea groups is 1. The predicted octanol–water partition coefficient (Wildman–Crippen LogP) is 2.82. The SMILES string of the molecule is C=CCN1CC(=O)N2C(Cc3ccc(O)cc3)C(=O)N(Cc3cccc(C(=O)OC)c3[N+](=O)[O-])CC2N1C(=O)NCc1ccccc1. The van der Waals surface area contributed by atoms with Crippen LogP contribution in [0.3, 0.4) is 0 Å². The number of nitro groups is 1. The van der Waals surface area contributed by atoms with Crippen LogP contribution in [0.15, 0.2) is 85.5 Å². The fourth-order valence-electron chi connectivity index (χ4n) is 5.97. The number of esters is 1. The van der Waals surface area contributed by atoms with Crippen molar-refractivity contribution in [3.63, 3.8) is 0 Å². The molecule has 2 unspecified atom stereocenters. The molecule has 5 rings (SSSR count). The van der Waals surface area contributed by atoms with Crippen molar-refractivity contribution in [2.75, 3.05) is 26.7 Å². The van der Waals surface area contributed by atoms with Gasteiger partial charge in [0.05, 0.1) is 37.2 Å². The average molecular weight is 643 g/mol. The third kappa shape index (κ3) is 6.92. The highest BCUT2D eigenvalue weighted by molar-refractivity contribution is 5.95. The quantitative estimate of drug-likeness (QED) is 0.146. The molecule has 2 aliphatic heterocycles. The molecule has 4 amide bonds. The minimum absolute atomic E-state index is 0.0244. The Balaban J connectivity index is 1.55. The molecule has 244 valence electrons. The fraction of sp³-hybridized carbons (Fsp3) is 0.273. The third-order valence-corrected chi connectivity index (χ3v) is 8.10. The van der Waals surface area contributed by atoms with E-state index in [1.165, 1.54) is 45.1 Å². The number of methoxy groups -OCH3 is 1. The molecule has 0 bridgehead atoms. The maximum Gasteiger partial charge on any atom is 0.344 e. The van der Waals surface area contributed by atoms with Gasteiger partial charge in [0.1, 0.15) is 23.5 Å². The van der Waals surface area contributed by atoms with Crippen molar-refractivity contribution >= 4 is 29.5 Å². The maximum absolute atomic E-state index is 14.2. The van der Waals surface area contributed by atoms with Crippen LogP contribution < -0.4 is 5.32 Å². The summed E-state index contributed by atoms with van der Waals surface area (Å²) >= 11 is 0. The van der Waals surface area contributed by atoms with E-state index in [-0.39, 0.29) is 61.9 Å². The summed E-state index contributed by atoms with van der Waals surface area (Å²) in [5, 5.41) is 27.8. The largest absolute Gasteiger partial charge is 0.508 e. The van der Waals surface area contributed by atoms with E-state index < -0.39 is 40.7 Å². The van der Waals surface area contributed by atoms with Crippen molar-refractivity contribution in [3.05, 3.63) is 118 Å². The van der Waals surface area contributed by atoms with Crippen molar-refractivity contribution in [3.8, 4) is 5.75 Å². The van der Waals surface area contributed by atoms with Gasteiger partial charge in [0.25, 0.3) is 5.69 Å². The topological polar surface area (TPSA) is 166 Å². The van der Waals surface area contributed by atoms with E-state index in [2.05, 4.69) is 11.9 Å². The van der Waals surface area contributed by atoms with Crippen molar-refractivity contribution in [2.24, 2.45) is 0 Å². The number of piperazine rings is 1. The molecule has 2 N–H and O–H groups in total. The van der Waals surface area contributed by atoms with E-state index in [9.17, 15) is 34.4 Å². The molecule has 14 heteroatoms. The van der Waals surface area contributed by atoms with Crippen molar-refractivity contribution in [2.45, 2.75) is 31.7 Å². The number of aromatic hydroxyl groups is 1. The molecule has 3 aromatic rings. The van der Waals surface area contributed by atoms with Crippen molar-refractivity contribution in [1.82, 2.24) is 25.1 Å². The normalized spacial score (nSPS) is 18.0. The molecule has 2 atom stereocenters. The first-order valence-electron chi connectivity index (χ1n) is 14.8. The summed E-state index contributed by atoms with van der Waals surface area (Å²) in [6, 6.07) is 18.0. The van der Waals surface area contributed by atoms with Gasteiger partial charge in [0.2, 0.25) is 11.8 Å². The lowest BCUT2D eigenvalue weighted by atomic mass is 9.97. The number of phenolic OH excluding ortho intramolecular Hbond substituents is 1. The number of carbonyl (C=O) groups excluding carboxylic acids is 4. The van der Waals surface area contributed by atoms with Crippen LogP contribution in [0.2, 0.25) is 0 Å². The van der Waals surface area contributed by atoms with E-state index in [0.29, 0.717) is 5.56 Å². The Morgan fingerprint density at radius 2 is 1.79 bits per heavy atom. The molecular weight excluding hydrogens is 608 g/mol. The number of carbonyl (C=O) groups is 4. The Bertz CT molecular complexity index is 1680. The van der Waals surface area contributed by atoms with E-state index in [1.54, 1.807) is 23.2 Å². The lowest BCUT2D eigenvalue weighted by Crippen LogP contribution is -2.76. The summed E-state index contributed by atoms with van der Waals surface area (Å²) in [6.45, 7) is 3.46. The van der Waals surface area contributed by atoms with E-state index in [4.69, 9.17) is 4.74 Å². The van der Waals surface area contributed by atoms with Gasteiger partial charge >= 0.3 is 12.0 Å². The lowest BCUT2D eigenvalue weighted by Gasteiger charge is -2.55. The molecule has 14 nitrogen and oxygen atoms in total. The van der Waals surface area contributed by atoms with Crippen molar-refractivity contribution in [1.29, 1.82) is 0 Å². The Morgan fingerprint density at radius 1 is 1.06 bits per heavy atom. The number of nitrogens with zero attached hydrogens (tertiary/aromatic N) is 5. The van der Waals surface area contributed by atoms with Crippen LogP contribution >= 0.6 is 0 Å². The zero-order valence-corrected chi connectivity index (χ0v) is 25.7. The van der Waals surface area contributed by atoms with Crippen molar-refractivity contribution < 1.29 is 33.9 Å². The summed E-state index contributed by atoms with van der Waals surface area (Å²) < 4.78 is 4.75. The molecule has 2 heterocycles. The van der Waals surface area contributed by atoms with Crippen LogP contribution in [0.4, 0.5) is 10.5 Å². The Morgan fingerprint density at radius 3 is 2.45 bits per heavy atom. The zero-order chi connectivity index (χ0) is 33.7. The molecule has 2 fully saturated rings. The number of nitro benzene ring substituents is 1. The summed E-state index contributed by atoms with van der Waals surface area (Å²) in [4.78, 5) is 68.5. The Kier molecular flexibility index (Phi) is 9.80. The molecule has 0 aromatic heterocycles. The number of rotatable bonds is 10. The third-order valence-electron chi connectivity index (χ3n) is 8.10. The first-order valence-corrected chi connectivity index (χ1v) is 14.8. The number of nitrogens with one attached hydrogen (secondary N) is 1. The Hall–Kier alpha value is -5.76. The number of amides is 4. The van der Waals surface area contributed by atoms with Gasteiger partial charge in [-0.25, -0.2) is 19.6 Å². The number of ether oxygens (including phenoxy) is 1. The number of hydrazine groups is 1. The smallest absolute Gasteiger partial charge is 0.344 e. The summed E-state index contributed by atoms with van der Waals surface area (Å²) in [7, 11) is 1.11. The highest BCUT2D eigenvalue weighted by Gasteiger charge is 2.51. The van der Waals surface area contributed by atoms with Crippen LogP contribution in [0.5, 0.6) is 5.75 Å². The van der Waals surface area contributed by atoms with Gasteiger partial charge in [-0.1, -0.05) is 60.7 Å². The van der Waals surface area contributed by atoms with Gasteiger partial charge in [0.15, 0.2) is 0 Å². The van der Waals surface area contributed by atoms with Gasteiger partial charge in [-0.05, 0) is 29.3 Å². The standard InChI is InChI=1S/C33H34N6O8/c1-3-16-36-21-29(41)37-27(17-22-12-14-25(40)15-13-22)31(42)35(19-24-10-7-11-26(32(43)47-2)30(24)39(45)46)20-28(37)38(36)33(44)34-18-23-8-5-4-6-9-23/h3-15,27-28,40H,1,16-21H2,2H3,(H,34,44). The fourth-order valence-corrected chi connectivity index (χ4v) is 5.97. The van der Waals surface area contributed by atoms with Gasteiger partial charge in [0, 0.05) is 19.5 Å². The van der Waals surface area contributed by atoms with Gasteiger partial charge < -0.3 is 25.0 Å². The number of hydrogen-bond acceptors (Lipinski definition) is 9. The zero-order valence-electron chi connectivity index (χ0n) is 25.7. The highest BCUT2D eigenvalue weighted by Crippen LogP contribution is 2.32. The molecular formula is C33H34N6O8. The predicted molar refractivity (Wildman–Crippen MR) is 168 cm³/mol. The molecule has 2 saturated heterocycles. The second-order valence-corrected chi connectivity index (χ2v) is 11.1. The summed E-state index contributed by atoms with van der Waals surface area (Å²) in [5.74, 6) is -1.77. The minimum atomic E-state index is -1.09. The van der Waals surface area contributed by atoms with E-state index >= 15 is 0 Å². The summed E-state index contributed by atoms with van der Waals surface area (Å²) in [5.41, 5.74) is 0.795. The number of phenols is 1. The first-order chi connectivity index (χ1) is 22.6. The van der Waals surface area contributed by atoms with Crippen LogP contribution in [-0.2, 0) is 33.8 Å². The number of hydrogen-bond donors (Lipinski definition) is 2. The van der Waals surface area contributed by atoms with E-state index in [1.807, 2.05) is 30.3 Å². The molecule has 0 saturated carbocycles. The second kappa shape index (κ2) is 14.1. The average Bonchev–Trinajstić information content (AvgIpc) is 3.06. The number of benzene rings is 3. The Labute approximate surface area is 270 Å². The molecule has 2 aliphatic rings. The molecule has 47 heavy (non-hydrogen) atoms. The van der Waals surface area contributed by atoms with Crippen LogP contribution in [0.1, 0.15) is 27.0 Å². The molecule has 0 aliphatic carbocycles. The molecule has 0 spiro atoms. The number of para-hydroxylation sites is 1. The summed E-state index contributed by atoms with van der Waals surface area (Å²) in [6.07, 6.45) is 0.611. The van der Waals surface area contributed by atoms with Crippen LogP contribution in [0.25, 0.3) is 0 Å². The molecule has 3 aromatic carbocycles. The van der Waals surface area contributed by atoms with Gasteiger partial charge in [-0.15, -0.1) is 6.58 Å². The van der Waals surface area contributed by atoms with Gasteiger partial charge in [-0.2, -0.15) is 0 Å². The highest BCUT2D eigenvalue weighted by atomic mass is 16.6. The maximum atomic E-state index is 14.2. The monoisotopic (exact) mass is 642 g/mol. The molecule has 0 radical (unpaired) electrons. The minimum Gasteiger partial charge on any atom is -0.508 e. The second-order valence-electron chi connectivity index (χ2n) is 11.1. The lowest BCUT2D eigenvalue weighted by molar-refractivity contribution is -0.386. The number of fused-ring (bicyclic) bond motifs is 1. The first kappa shape index (κ1) is 32.6. The van der Waals surface area contributed by atoms with Gasteiger partial charge in [-0.3, -0.25) is 19.7 Å². The van der Waals surface area contributed by atoms with E-state index in [0.717, 1.165) is 12.7 Å². The van der Waals surface area contributed by atoms with Crippen LogP contribution in [0, 0.1) is 10.1 Å². The van der Waals surface area contributed by atoms with Crippen LogP contribution in [-0.4, -0.2) is 92.6 Å².